The maximum absolute atomic E-state index is 13.7. The van der Waals surface area contributed by atoms with Crippen molar-refractivity contribution in [2.75, 3.05) is 13.7 Å². The van der Waals surface area contributed by atoms with E-state index in [2.05, 4.69) is 10.2 Å². The van der Waals surface area contributed by atoms with Crippen LogP contribution in [0.2, 0.25) is 0 Å². The summed E-state index contributed by atoms with van der Waals surface area (Å²) in [5.74, 6) is 0.662. The Morgan fingerprint density at radius 2 is 1.84 bits per heavy atom. The van der Waals surface area contributed by atoms with E-state index in [-0.39, 0.29) is 24.0 Å². The number of halogens is 1. The second kappa shape index (κ2) is 9.61. The molecule has 0 saturated heterocycles. The van der Waals surface area contributed by atoms with Crippen molar-refractivity contribution in [1.82, 2.24) is 15.1 Å². The summed E-state index contributed by atoms with van der Waals surface area (Å²) < 4.78 is 24.9. The van der Waals surface area contributed by atoms with Crippen LogP contribution in [0.5, 0.6) is 17.2 Å². The molecule has 0 fully saturated rings. The van der Waals surface area contributed by atoms with Gasteiger partial charge in [-0.2, -0.15) is 5.10 Å². The van der Waals surface area contributed by atoms with Crippen molar-refractivity contribution in [1.29, 1.82) is 0 Å². The van der Waals surface area contributed by atoms with E-state index in [1.807, 2.05) is 45.0 Å². The molecule has 1 aliphatic rings. The molecule has 1 aromatic heterocycles. The molecule has 0 bridgehead atoms. The van der Waals surface area contributed by atoms with Gasteiger partial charge in [0.2, 0.25) is 0 Å². The predicted octanol–water partition coefficient (Wildman–Crippen LogP) is 5.69. The van der Waals surface area contributed by atoms with Gasteiger partial charge in [0.05, 0.1) is 19.8 Å². The third-order valence-corrected chi connectivity index (χ3v) is 6.63. The summed E-state index contributed by atoms with van der Waals surface area (Å²) in [5.41, 5.74) is 5.45. The average Bonchev–Trinajstić information content (AvgIpc) is 3.39. The van der Waals surface area contributed by atoms with Gasteiger partial charge < -0.3 is 19.5 Å². The molecular weight excluding hydrogens is 473 g/mol. The number of hydrogen-bond donors (Lipinski definition) is 2. The van der Waals surface area contributed by atoms with Crippen molar-refractivity contribution in [3.05, 3.63) is 93.9 Å². The molecule has 37 heavy (non-hydrogen) atoms. The normalized spacial score (nSPS) is 14.7. The SMILES string of the molecule is CCOc1ccc(C2c3c(-c4c(C)cc(C)cc4O)n[nH]c3C(=O)N2Cc2ccc(F)cc2)cc1OC. The van der Waals surface area contributed by atoms with Gasteiger partial charge in [0.15, 0.2) is 11.5 Å². The van der Waals surface area contributed by atoms with Crippen LogP contribution >= 0.6 is 0 Å². The number of aryl methyl sites for hydroxylation is 2. The third kappa shape index (κ3) is 4.28. The van der Waals surface area contributed by atoms with E-state index in [0.29, 0.717) is 40.6 Å². The number of nitrogens with zero attached hydrogens (tertiary/aromatic N) is 2. The van der Waals surface area contributed by atoms with Crippen molar-refractivity contribution in [3.8, 4) is 28.5 Å². The van der Waals surface area contributed by atoms with Gasteiger partial charge in [-0.25, -0.2) is 4.39 Å². The van der Waals surface area contributed by atoms with Gasteiger partial charge in [-0.05, 0) is 73.4 Å². The first-order valence-electron chi connectivity index (χ1n) is 12.1. The number of nitrogens with one attached hydrogen (secondary N) is 1. The van der Waals surface area contributed by atoms with Gasteiger partial charge in [0.25, 0.3) is 5.91 Å². The Balaban J connectivity index is 1.69. The van der Waals surface area contributed by atoms with Gasteiger partial charge in [0.1, 0.15) is 23.0 Å². The Kier molecular flexibility index (Phi) is 6.33. The summed E-state index contributed by atoms with van der Waals surface area (Å²) in [7, 11) is 1.57. The number of aromatic amines is 1. The maximum Gasteiger partial charge on any atom is 0.273 e. The van der Waals surface area contributed by atoms with E-state index < -0.39 is 6.04 Å². The lowest BCUT2D eigenvalue weighted by molar-refractivity contribution is 0.0730. The summed E-state index contributed by atoms with van der Waals surface area (Å²) in [6, 6.07) is 14.8. The number of phenols is 1. The Hall–Kier alpha value is -4.33. The summed E-state index contributed by atoms with van der Waals surface area (Å²) in [5, 5.41) is 18.3. The Morgan fingerprint density at radius 3 is 2.51 bits per heavy atom. The number of amides is 1. The minimum atomic E-state index is -0.536. The molecule has 0 aliphatic carbocycles. The molecule has 4 aromatic rings. The topological polar surface area (TPSA) is 87.7 Å². The van der Waals surface area contributed by atoms with Gasteiger partial charge >= 0.3 is 0 Å². The first-order valence-corrected chi connectivity index (χ1v) is 12.1. The zero-order valence-corrected chi connectivity index (χ0v) is 21.1. The smallest absolute Gasteiger partial charge is 0.273 e. The van der Waals surface area contributed by atoms with Crippen LogP contribution in [-0.2, 0) is 6.54 Å². The number of aromatic nitrogens is 2. The van der Waals surface area contributed by atoms with Crippen molar-refractivity contribution < 1.29 is 23.8 Å². The molecule has 1 unspecified atom stereocenters. The van der Waals surface area contributed by atoms with Crippen LogP contribution in [0, 0.1) is 19.7 Å². The molecule has 1 atom stereocenters. The van der Waals surface area contributed by atoms with Crippen LogP contribution in [0.1, 0.15) is 51.3 Å². The van der Waals surface area contributed by atoms with Crippen LogP contribution in [0.3, 0.4) is 0 Å². The first kappa shape index (κ1) is 24.4. The number of aromatic hydroxyl groups is 1. The van der Waals surface area contributed by atoms with E-state index in [9.17, 15) is 14.3 Å². The molecule has 190 valence electrons. The highest BCUT2D eigenvalue weighted by molar-refractivity contribution is 6.00. The van der Waals surface area contributed by atoms with E-state index in [1.165, 1.54) is 12.1 Å². The van der Waals surface area contributed by atoms with E-state index in [4.69, 9.17) is 9.47 Å². The van der Waals surface area contributed by atoms with Crippen LogP contribution in [-0.4, -0.2) is 39.8 Å². The summed E-state index contributed by atoms with van der Waals surface area (Å²) in [6.45, 7) is 6.45. The van der Waals surface area contributed by atoms with Gasteiger partial charge in [-0.3, -0.25) is 9.89 Å². The molecule has 5 rings (SSSR count). The average molecular weight is 502 g/mol. The largest absolute Gasteiger partial charge is 0.507 e. The first-order chi connectivity index (χ1) is 17.8. The lowest BCUT2D eigenvalue weighted by Crippen LogP contribution is -2.29. The second-order valence-electron chi connectivity index (χ2n) is 9.14. The number of phenolic OH excluding ortho intramolecular Hbond substituents is 1. The Bertz CT molecular complexity index is 1460. The Morgan fingerprint density at radius 1 is 1.08 bits per heavy atom. The molecule has 8 heteroatoms. The maximum atomic E-state index is 13.7. The lowest BCUT2D eigenvalue weighted by atomic mass is 9.93. The molecule has 0 spiro atoms. The van der Waals surface area contributed by atoms with E-state index in [0.717, 1.165) is 22.3 Å². The highest BCUT2D eigenvalue weighted by Crippen LogP contribution is 2.47. The molecule has 1 aliphatic heterocycles. The summed E-state index contributed by atoms with van der Waals surface area (Å²) in [4.78, 5) is 15.4. The van der Waals surface area contributed by atoms with Crippen LogP contribution in [0.4, 0.5) is 4.39 Å². The fourth-order valence-corrected chi connectivity index (χ4v) is 5.07. The summed E-state index contributed by atoms with van der Waals surface area (Å²) >= 11 is 0. The van der Waals surface area contributed by atoms with Gasteiger partial charge in [-0.15, -0.1) is 0 Å². The highest BCUT2D eigenvalue weighted by Gasteiger charge is 2.43. The number of hydrogen-bond acceptors (Lipinski definition) is 5. The fraction of sp³-hybridized carbons (Fsp3) is 0.241. The fourth-order valence-electron chi connectivity index (χ4n) is 5.07. The van der Waals surface area contributed by atoms with Crippen molar-refractivity contribution >= 4 is 5.91 Å². The minimum absolute atomic E-state index is 0.0965. The van der Waals surface area contributed by atoms with Crippen LogP contribution in [0.15, 0.2) is 54.6 Å². The second-order valence-corrected chi connectivity index (χ2v) is 9.14. The number of carbonyl (C=O) groups excluding carboxylic acids is 1. The molecule has 2 N–H and O–H groups in total. The van der Waals surface area contributed by atoms with Crippen molar-refractivity contribution in [2.24, 2.45) is 0 Å². The minimum Gasteiger partial charge on any atom is -0.507 e. The number of rotatable bonds is 7. The monoisotopic (exact) mass is 501 g/mol. The number of fused-ring (bicyclic) bond motifs is 1. The zero-order valence-electron chi connectivity index (χ0n) is 21.1. The predicted molar refractivity (Wildman–Crippen MR) is 137 cm³/mol. The van der Waals surface area contributed by atoms with E-state index >= 15 is 0 Å². The van der Waals surface area contributed by atoms with Gasteiger partial charge in [0, 0.05) is 17.7 Å². The third-order valence-electron chi connectivity index (χ3n) is 6.63. The van der Waals surface area contributed by atoms with Crippen molar-refractivity contribution in [2.45, 2.75) is 33.4 Å². The molecule has 3 aromatic carbocycles. The lowest BCUT2D eigenvalue weighted by Gasteiger charge is -2.27. The molecule has 2 heterocycles. The summed E-state index contributed by atoms with van der Waals surface area (Å²) in [6.07, 6.45) is 0. The number of ether oxygens (including phenoxy) is 2. The highest BCUT2D eigenvalue weighted by atomic mass is 19.1. The molecule has 0 radical (unpaired) electrons. The molecular formula is C29H28FN3O4. The van der Waals surface area contributed by atoms with Crippen LogP contribution < -0.4 is 9.47 Å². The van der Waals surface area contributed by atoms with Crippen LogP contribution in [0.25, 0.3) is 11.3 Å². The Labute approximate surface area is 214 Å². The number of H-pyrrole nitrogens is 1. The van der Waals surface area contributed by atoms with Gasteiger partial charge in [-0.1, -0.05) is 24.3 Å². The van der Waals surface area contributed by atoms with E-state index in [1.54, 1.807) is 30.2 Å². The quantitative estimate of drug-likeness (QED) is 0.340. The standard InChI is InChI=1S/C29H28FN3O4/c1-5-37-22-11-8-19(14-23(22)36-4)28-25-26(24-17(3)12-16(2)13-21(24)34)31-32-27(25)29(35)33(28)15-18-6-9-20(30)10-7-18/h6-14,28,34H,5,15H2,1-4H3,(H,31,32). The molecule has 0 saturated carbocycles. The number of carbonyl (C=O) groups is 1. The number of methoxy groups -OCH3 is 1. The number of benzene rings is 3. The molecule has 7 nitrogen and oxygen atoms in total. The van der Waals surface area contributed by atoms with Crippen molar-refractivity contribution in [3.63, 3.8) is 0 Å². The molecule has 1 amide bonds. The zero-order chi connectivity index (χ0) is 26.3.